The molecule has 162 valence electrons. The highest BCUT2D eigenvalue weighted by molar-refractivity contribution is 14.0. The Labute approximate surface area is 191 Å². The van der Waals surface area contributed by atoms with Crippen LogP contribution in [0.5, 0.6) is 5.75 Å². The van der Waals surface area contributed by atoms with E-state index < -0.39 is 0 Å². The summed E-state index contributed by atoms with van der Waals surface area (Å²) in [5.41, 5.74) is 1.35. The fourth-order valence-corrected chi connectivity index (χ4v) is 5.28. The third kappa shape index (κ3) is 4.31. The number of para-hydroxylation sites is 2. The minimum atomic E-state index is 0. The molecule has 4 rings (SSSR count). The van der Waals surface area contributed by atoms with Crippen molar-refractivity contribution in [1.29, 1.82) is 0 Å². The number of nitrogens with one attached hydrogen (secondary N) is 2. The van der Waals surface area contributed by atoms with Gasteiger partial charge in [0.05, 0.1) is 18.9 Å². The van der Waals surface area contributed by atoms with Gasteiger partial charge in [-0.25, -0.2) is 0 Å². The van der Waals surface area contributed by atoms with Gasteiger partial charge in [0.15, 0.2) is 5.96 Å². The Morgan fingerprint density at radius 3 is 2.59 bits per heavy atom. The SMILES string of the molecule is CN=C(NC1CCN(c2ccccc2OC)CC1)NC1C2CCOC2C1(C)C.I. The van der Waals surface area contributed by atoms with Crippen LogP contribution in [0.1, 0.15) is 33.1 Å². The number of hydrogen-bond acceptors (Lipinski definition) is 4. The molecule has 3 fully saturated rings. The number of fused-ring (bicyclic) bond motifs is 1. The number of methoxy groups -OCH3 is 1. The Morgan fingerprint density at radius 1 is 1.17 bits per heavy atom. The molecule has 0 aromatic heterocycles. The minimum Gasteiger partial charge on any atom is -0.495 e. The second-order valence-corrected chi connectivity index (χ2v) is 8.84. The van der Waals surface area contributed by atoms with Crippen molar-refractivity contribution in [3.8, 4) is 5.75 Å². The van der Waals surface area contributed by atoms with Crippen LogP contribution < -0.4 is 20.3 Å². The maximum atomic E-state index is 5.92. The van der Waals surface area contributed by atoms with E-state index in [9.17, 15) is 0 Å². The van der Waals surface area contributed by atoms with Gasteiger partial charge in [0.25, 0.3) is 0 Å². The van der Waals surface area contributed by atoms with E-state index in [1.807, 2.05) is 19.2 Å². The number of aliphatic imine (C=N–C) groups is 1. The molecule has 0 bridgehead atoms. The molecule has 2 N–H and O–H groups in total. The maximum absolute atomic E-state index is 5.92. The summed E-state index contributed by atoms with van der Waals surface area (Å²) < 4.78 is 11.4. The lowest BCUT2D eigenvalue weighted by Gasteiger charge is -2.55. The first-order chi connectivity index (χ1) is 13.5. The Bertz CT molecular complexity index is 719. The van der Waals surface area contributed by atoms with Gasteiger partial charge in [-0.3, -0.25) is 4.99 Å². The normalized spacial score (nSPS) is 28.8. The van der Waals surface area contributed by atoms with Crippen LogP contribution >= 0.6 is 24.0 Å². The van der Waals surface area contributed by atoms with Gasteiger partial charge in [-0.05, 0) is 31.4 Å². The second kappa shape index (κ2) is 9.29. The van der Waals surface area contributed by atoms with Gasteiger partial charge in [-0.2, -0.15) is 0 Å². The van der Waals surface area contributed by atoms with Gasteiger partial charge in [-0.1, -0.05) is 26.0 Å². The Morgan fingerprint density at radius 2 is 1.90 bits per heavy atom. The highest BCUT2D eigenvalue weighted by atomic mass is 127. The van der Waals surface area contributed by atoms with E-state index in [1.54, 1.807) is 7.11 Å². The molecule has 1 aromatic carbocycles. The first-order valence-corrected chi connectivity index (χ1v) is 10.5. The molecule has 3 atom stereocenters. The molecule has 3 unspecified atom stereocenters. The van der Waals surface area contributed by atoms with Crippen LogP contribution in [0, 0.1) is 11.3 Å². The largest absolute Gasteiger partial charge is 0.495 e. The summed E-state index contributed by atoms with van der Waals surface area (Å²) in [7, 11) is 3.61. The van der Waals surface area contributed by atoms with Crippen LogP contribution in [0.2, 0.25) is 0 Å². The summed E-state index contributed by atoms with van der Waals surface area (Å²) in [5, 5.41) is 7.36. The van der Waals surface area contributed by atoms with Gasteiger partial charge in [0.2, 0.25) is 0 Å². The number of benzene rings is 1. The average Bonchev–Trinajstić information content (AvgIpc) is 3.18. The van der Waals surface area contributed by atoms with Crippen molar-refractivity contribution in [2.45, 2.75) is 51.3 Å². The van der Waals surface area contributed by atoms with E-state index in [2.05, 4.69) is 46.5 Å². The van der Waals surface area contributed by atoms with Crippen molar-refractivity contribution >= 4 is 35.6 Å². The molecular weight excluding hydrogens is 479 g/mol. The molecular formula is C22H35IN4O2. The molecule has 2 aliphatic heterocycles. The molecule has 6 nitrogen and oxygen atoms in total. The number of hydrogen-bond donors (Lipinski definition) is 2. The zero-order valence-corrected chi connectivity index (χ0v) is 20.3. The number of rotatable bonds is 4. The van der Waals surface area contributed by atoms with Gasteiger partial charge in [-0.15, -0.1) is 24.0 Å². The fraction of sp³-hybridized carbons (Fsp3) is 0.682. The predicted molar refractivity (Wildman–Crippen MR) is 129 cm³/mol. The zero-order chi connectivity index (χ0) is 19.7. The molecule has 1 aliphatic carbocycles. The summed E-state index contributed by atoms with van der Waals surface area (Å²) in [5.74, 6) is 2.49. The minimum absolute atomic E-state index is 0. The van der Waals surface area contributed by atoms with Crippen molar-refractivity contribution in [2.24, 2.45) is 16.3 Å². The molecule has 1 aromatic rings. The van der Waals surface area contributed by atoms with E-state index in [4.69, 9.17) is 9.47 Å². The van der Waals surface area contributed by atoms with Crippen LogP contribution in [0.15, 0.2) is 29.3 Å². The smallest absolute Gasteiger partial charge is 0.191 e. The molecule has 1 saturated carbocycles. The molecule has 0 spiro atoms. The highest BCUT2D eigenvalue weighted by Gasteiger charge is 2.59. The molecule has 3 aliphatic rings. The van der Waals surface area contributed by atoms with Crippen LogP contribution in [0.4, 0.5) is 5.69 Å². The van der Waals surface area contributed by atoms with Crippen molar-refractivity contribution < 1.29 is 9.47 Å². The molecule has 7 heteroatoms. The topological polar surface area (TPSA) is 58.1 Å². The van der Waals surface area contributed by atoms with Crippen LogP contribution in [-0.4, -0.2) is 58.0 Å². The summed E-state index contributed by atoms with van der Waals surface area (Å²) in [6, 6.07) is 9.15. The summed E-state index contributed by atoms with van der Waals surface area (Å²) in [6.45, 7) is 7.53. The summed E-state index contributed by atoms with van der Waals surface area (Å²) in [4.78, 5) is 6.93. The van der Waals surface area contributed by atoms with Crippen LogP contribution in [-0.2, 0) is 4.74 Å². The van der Waals surface area contributed by atoms with E-state index in [0.717, 1.165) is 50.7 Å². The van der Waals surface area contributed by atoms with Crippen LogP contribution in [0.3, 0.4) is 0 Å². The molecule has 2 heterocycles. The Balaban J connectivity index is 0.00000240. The van der Waals surface area contributed by atoms with E-state index >= 15 is 0 Å². The first kappa shape index (κ1) is 22.5. The molecule has 0 radical (unpaired) electrons. The fourth-order valence-electron chi connectivity index (χ4n) is 5.28. The molecule has 29 heavy (non-hydrogen) atoms. The van der Waals surface area contributed by atoms with Crippen molar-refractivity contribution in [1.82, 2.24) is 10.6 Å². The average molecular weight is 514 g/mol. The first-order valence-electron chi connectivity index (χ1n) is 10.5. The third-order valence-corrected chi connectivity index (χ3v) is 6.88. The lowest BCUT2D eigenvalue weighted by Crippen LogP contribution is -2.68. The highest BCUT2D eigenvalue weighted by Crippen LogP contribution is 2.52. The standard InChI is InChI=1S/C22H34N4O2.HI/c1-22(2)19(16-11-14-28-20(16)22)25-21(23-3)24-15-9-12-26(13-10-15)17-7-5-6-8-18(17)27-4;/h5-8,15-16,19-20H,9-14H2,1-4H3,(H2,23,24,25);1H. The number of halogens is 1. The Hall–Kier alpha value is -1.22. The number of ether oxygens (including phenoxy) is 2. The lowest BCUT2D eigenvalue weighted by molar-refractivity contribution is -0.106. The summed E-state index contributed by atoms with van der Waals surface area (Å²) in [6.07, 6.45) is 3.72. The number of anilines is 1. The van der Waals surface area contributed by atoms with Gasteiger partial charge < -0.3 is 25.0 Å². The number of guanidine groups is 1. The van der Waals surface area contributed by atoms with E-state index in [0.29, 0.717) is 24.1 Å². The van der Waals surface area contributed by atoms with E-state index in [-0.39, 0.29) is 29.4 Å². The summed E-state index contributed by atoms with van der Waals surface area (Å²) >= 11 is 0. The van der Waals surface area contributed by atoms with Crippen molar-refractivity contribution in [3.63, 3.8) is 0 Å². The Kier molecular flexibility index (Phi) is 7.19. The predicted octanol–water partition coefficient (Wildman–Crippen LogP) is 3.26. The van der Waals surface area contributed by atoms with Gasteiger partial charge in [0.1, 0.15) is 5.75 Å². The maximum Gasteiger partial charge on any atom is 0.191 e. The monoisotopic (exact) mass is 514 g/mol. The lowest BCUT2D eigenvalue weighted by atomic mass is 9.57. The molecule has 0 amide bonds. The number of piperidine rings is 1. The van der Waals surface area contributed by atoms with Crippen molar-refractivity contribution in [3.05, 3.63) is 24.3 Å². The van der Waals surface area contributed by atoms with E-state index in [1.165, 1.54) is 5.69 Å². The quantitative estimate of drug-likeness (QED) is 0.367. The second-order valence-electron chi connectivity index (χ2n) is 8.84. The van der Waals surface area contributed by atoms with Gasteiger partial charge in [0, 0.05) is 50.2 Å². The molecule has 2 saturated heterocycles. The van der Waals surface area contributed by atoms with Crippen LogP contribution in [0.25, 0.3) is 0 Å². The van der Waals surface area contributed by atoms with Crippen molar-refractivity contribution in [2.75, 3.05) is 38.8 Å². The zero-order valence-electron chi connectivity index (χ0n) is 18.0. The number of nitrogens with zero attached hydrogens (tertiary/aromatic N) is 2. The third-order valence-electron chi connectivity index (χ3n) is 6.88. The van der Waals surface area contributed by atoms with Gasteiger partial charge >= 0.3 is 0 Å².